The van der Waals surface area contributed by atoms with E-state index in [9.17, 15) is 0 Å². The molecule has 0 bridgehead atoms. The van der Waals surface area contributed by atoms with Crippen molar-refractivity contribution in [1.82, 2.24) is 15.0 Å². The van der Waals surface area contributed by atoms with Gasteiger partial charge in [-0.1, -0.05) is 31.2 Å². The smallest absolute Gasteiger partial charge is 0.110 e. The van der Waals surface area contributed by atoms with Crippen molar-refractivity contribution in [2.75, 3.05) is 0 Å². The lowest BCUT2D eigenvalue weighted by molar-refractivity contribution is 0.515. The van der Waals surface area contributed by atoms with E-state index >= 15 is 0 Å². The molecule has 0 saturated heterocycles. The Morgan fingerprint density at radius 1 is 1.37 bits per heavy atom. The second-order valence-electron chi connectivity index (χ2n) is 4.82. The minimum Gasteiger partial charge on any atom is -0.335 e. The van der Waals surface area contributed by atoms with Crippen molar-refractivity contribution >= 4 is 0 Å². The van der Waals surface area contributed by atoms with Gasteiger partial charge >= 0.3 is 0 Å². The molecule has 0 fully saturated rings. The van der Waals surface area contributed by atoms with Crippen LogP contribution in [0.1, 0.15) is 36.3 Å². The molecule has 1 aromatic carbocycles. The Hall–Kier alpha value is -1.65. The predicted molar refractivity (Wildman–Crippen MR) is 77.5 cm³/mol. The lowest BCUT2D eigenvalue weighted by Gasteiger charge is -2.18. The molecule has 102 valence electrons. The van der Waals surface area contributed by atoms with E-state index in [0.29, 0.717) is 0 Å². The van der Waals surface area contributed by atoms with Crippen molar-refractivity contribution in [3.63, 3.8) is 0 Å². The molecule has 3 N–H and O–H groups in total. The van der Waals surface area contributed by atoms with Crippen LogP contribution in [0.4, 0.5) is 0 Å². The zero-order valence-electron chi connectivity index (χ0n) is 11.6. The first kappa shape index (κ1) is 13.8. The quantitative estimate of drug-likeness (QED) is 0.617. The summed E-state index contributed by atoms with van der Waals surface area (Å²) in [6.07, 6.45) is 5.80. The Morgan fingerprint density at radius 3 is 2.84 bits per heavy atom. The normalized spacial score (nSPS) is 12.6. The molecule has 0 spiro atoms. The summed E-state index contributed by atoms with van der Waals surface area (Å²) in [7, 11) is 0. The van der Waals surface area contributed by atoms with Gasteiger partial charge in [-0.25, -0.2) is 4.98 Å². The maximum absolute atomic E-state index is 5.73. The molecule has 0 amide bonds. The topological polar surface area (TPSA) is 55.9 Å². The van der Waals surface area contributed by atoms with E-state index in [1.165, 1.54) is 11.1 Å². The molecule has 2 aromatic rings. The van der Waals surface area contributed by atoms with Gasteiger partial charge in [0.25, 0.3) is 0 Å². The van der Waals surface area contributed by atoms with E-state index in [0.717, 1.165) is 25.2 Å². The SMILES string of the molecule is CCCn1ccnc1CC(NN)c1ccccc1C. The fraction of sp³-hybridized carbons (Fsp3) is 0.400. The van der Waals surface area contributed by atoms with E-state index < -0.39 is 0 Å². The largest absolute Gasteiger partial charge is 0.335 e. The van der Waals surface area contributed by atoms with Gasteiger partial charge in [-0.2, -0.15) is 0 Å². The minimum absolute atomic E-state index is 0.0965. The predicted octanol–water partition coefficient (Wildman–Crippen LogP) is 2.35. The van der Waals surface area contributed by atoms with Crippen molar-refractivity contribution in [1.29, 1.82) is 0 Å². The molecule has 0 aliphatic rings. The third-order valence-corrected chi connectivity index (χ3v) is 3.42. The number of nitrogens with one attached hydrogen (secondary N) is 1. The number of benzene rings is 1. The van der Waals surface area contributed by atoms with Crippen LogP contribution in [0.25, 0.3) is 0 Å². The molecular weight excluding hydrogens is 236 g/mol. The maximum Gasteiger partial charge on any atom is 0.110 e. The number of imidazole rings is 1. The zero-order valence-corrected chi connectivity index (χ0v) is 11.6. The zero-order chi connectivity index (χ0) is 13.7. The van der Waals surface area contributed by atoms with Crippen LogP contribution in [-0.4, -0.2) is 9.55 Å². The van der Waals surface area contributed by atoms with Gasteiger partial charge in [-0.3, -0.25) is 11.3 Å². The minimum atomic E-state index is 0.0965. The lowest BCUT2D eigenvalue weighted by atomic mass is 9.99. The second-order valence-corrected chi connectivity index (χ2v) is 4.82. The number of aryl methyl sites for hydroxylation is 2. The molecule has 4 heteroatoms. The maximum atomic E-state index is 5.73. The second kappa shape index (κ2) is 6.50. The summed E-state index contributed by atoms with van der Waals surface area (Å²) >= 11 is 0. The molecule has 0 aliphatic heterocycles. The average molecular weight is 258 g/mol. The standard InChI is InChI=1S/C15H22N4/c1-3-9-19-10-8-17-15(19)11-14(18-16)13-7-5-4-6-12(13)2/h4-8,10,14,18H,3,9,11,16H2,1-2H3. The van der Waals surface area contributed by atoms with E-state index in [4.69, 9.17) is 5.84 Å². The van der Waals surface area contributed by atoms with E-state index in [-0.39, 0.29) is 6.04 Å². The summed E-state index contributed by atoms with van der Waals surface area (Å²) in [5, 5.41) is 0. The summed E-state index contributed by atoms with van der Waals surface area (Å²) in [5.74, 6) is 6.80. The van der Waals surface area contributed by atoms with Gasteiger partial charge in [0.2, 0.25) is 0 Å². The Labute approximate surface area is 114 Å². The number of rotatable bonds is 6. The fourth-order valence-corrected chi connectivity index (χ4v) is 2.39. The number of aromatic nitrogens is 2. The van der Waals surface area contributed by atoms with Gasteiger partial charge in [0, 0.05) is 25.4 Å². The monoisotopic (exact) mass is 258 g/mol. The summed E-state index contributed by atoms with van der Waals surface area (Å²) in [6.45, 7) is 5.28. The van der Waals surface area contributed by atoms with Gasteiger partial charge in [-0.05, 0) is 24.5 Å². The Bertz CT molecular complexity index is 518. The van der Waals surface area contributed by atoms with Crippen LogP contribution in [0.15, 0.2) is 36.7 Å². The van der Waals surface area contributed by atoms with Crippen molar-refractivity contribution in [2.24, 2.45) is 5.84 Å². The number of nitrogens with zero attached hydrogens (tertiary/aromatic N) is 2. The molecule has 1 atom stereocenters. The van der Waals surface area contributed by atoms with Crippen LogP contribution in [0.5, 0.6) is 0 Å². The first-order valence-corrected chi connectivity index (χ1v) is 6.78. The van der Waals surface area contributed by atoms with Crippen LogP contribution in [-0.2, 0) is 13.0 Å². The molecule has 19 heavy (non-hydrogen) atoms. The van der Waals surface area contributed by atoms with Gasteiger partial charge in [-0.15, -0.1) is 0 Å². The van der Waals surface area contributed by atoms with E-state index in [1.807, 2.05) is 24.5 Å². The number of hydrogen-bond acceptors (Lipinski definition) is 3. The Morgan fingerprint density at radius 2 is 2.16 bits per heavy atom. The highest BCUT2D eigenvalue weighted by atomic mass is 15.2. The first-order valence-electron chi connectivity index (χ1n) is 6.78. The van der Waals surface area contributed by atoms with Crippen LogP contribution in [0.2, 0.25) is 0 Å². The molecule has 4 nitrogen and oxygen atoms in total. The number of hydrazine groups is 1. The average Bonchev–Trinajstić information content (AvgIpc) is 2.85. The van der Waals surface area contributed by atoms with Gasteiger partial charge in [0.1, 0.15) is 5.82 Å². The third-order valence-electron chi connectivity index (χ3n) is 3.42. The summed E-state index contributed by atoms with van der Waals surface area (Å²) in [6, 6.07) is 8.42. The summed E-state index contributed by atoms with van der Waals surface area (Å²) in [5.41, 5.74) is 5.40. The van der Waals surface area contributed by atoms with Gasteiger partial charge < -0.3 is 4.57 Å². The summed E-state index contributed by atoms with van der Waals surface area (Å²) < 4.78 is 2.20. The van der Waals surface area contributed by atoms with Crippen LogP contribution in [0.3, 0.4) is 0 Å². The molecule has 2 rings (SSSR count). The molecule has 0 aliphatic carbocycles. The van der Waals surface area contributed by atoms with Crippen LogP contribution >= 0.6 is 0 Å². The van der Waals surface area contributed by atoms with Crippen molar-refractivity contribution in [3.05, 3.63) is 53.6 Å². The highest BCUT2D eigenvalue weighted by Gasteiger charge is 2.15. The van der Waals surface area contributed by atoms with E-state index in [2.05, 4.69) is 41.0 Å². The third kappa shape index (κ3) is 3.22. The van der Waals surface area contributed by atoms with Crippen molar-refractivity contribution < 1.29 is 0 Å². The van der Waals surface area contributed by atoms with Crippen molar-refractivity contribution in [2.45, 2.75) is 39.3 Å². The van der Waals surface area contributed by atoms with Crippen LogP contribution in [0, 0.1) is 6.92 Å². The Balaban J connectivity index is 2.19. The van der Waals surface area contributed by atoms with Crippen molar-refractivity contribution in [3.8, 4) is 0 Å². The first-order chi connectivity index (χ1) is 9.26. The summed E-state index contributed by atoms with van der Waals surface area (Å²) in [4.78, 5) is 4.45. The molecule has 1 heterocycles. The molecule has 1 unspecified atom stereocenters. The van der Waals surface area contributed by atoms with Gasteiger partial charge in [0.15, 0.2) is 0 Å². The number of hydrogen-bond donors (Lipinski definition) is 2. The molecule has 1 aromatic heterocycles. The fourth-order valence-electron chi connectivity index (χ4n) is 2.39. The number of nitrogens with two attached hydrogens (primary N) is 1. The van der Waals surface area contributed by atoms with Gasteiger partial charge in [0.05, 0.1) is 6.04 Å². The lowest BCUT2D eigenvalue weighted by Crippen LogP contribution is -2.31. The van der Waals surface area contributed by atoms with E-state index in [1.54, 1.807) is 0 Å². The molecular formula is C15H22N4. The van der Waals surface area contributed by atoms with Crippen LogP contribution < -0.4 is 11.3 Å². The highest BCUT2D eigenvalue weighted by molar-refractivity contribution is 5.29. The molecule has 0 radical (unpaired) electrons. The highest BCUT2D eigenvalue weighted by Crippen LogP contribution is 2.20. The molecule has 0 saturated carbocycles. The Kier molecular flexibility index (Phi) is 4.71.